The Hall–Kier alpha value is -2.09. The van der Waals surface area contributed by atoms with Crippen LogP contribution in [-0.2, 0) is 21.4 Å². The predicted molar refractivity (Wildman–Crippen MR) is 82.7 cm³/mol. The van der Waals surface area contributed by atoms with Crippen molar-refractivity contribution in [1.29, 1.82) is 0 Å². The number of benzene rings is 2. The molecule has 0 aromatic heterocycles. The van der Waals surface area contributed by atoms with Gasteiger partial charge < -0.3 is 15.8 Å². The average Bonchev–Trinajstić information content (AvgIpc) is 2.42. The lowest BCUT2D eigenvalue weighted by molar-refractivity contribution is 0.185. The van der Waals surface area contributed by atoms with Crippen LogP contribution in [0.25, 0.3) is 0 Å². The van der Waals surface area contributed by atoms with Gasteiger partial charge in [0.2, 0.25) is 10.0 Å². The van der Waals surface area contributed by atoms with Crippen molar-refractivity contribution in [2.75, 3.05) is 18.2 Å². The molecule has 0 aliphatic carbocycles. The summed E-state index contributed by atoms with van der Waals surface area (Å²) in [5.41, 5.74) is 7.97. The molecule has 0 fully saturated rings. The molecule has 2 rings (SSSR count). The second-order valence-corrected chi connectivity index (χ2v) is 6.05. The van der Waals surface area contributed by atoms with Crippen LogP contribution < -0.4 is 16.2 Å². The Morgan fingerprint density at radius 1 is 1.14 bits per heavy atom. The van der Waals surface area contributed by atoms with Crippen LogP contribution in [0, 0.1) is 0 Å². The summed E-state index contributed by atoms with van der Waals surface area (Å²) in [6.45, 7) is 0.406. The molecule has 0 amide bonds. The third kappa shape index (κ3) is 3.72. The Labute approximate surface area is 123 Å². The monoisotopic (exact) mass is 307 g/mol. The molecule has 21 heavy (non-hydrogen) atoms. The highest BCUT2D eigenvalue weighted by Crippen LogP contribution is 2.28. The van der Waals surface area contributed by atoms with E-state index in [2.05, 4.69) is 5.32 Å². The Balaban J connectivity index is 2.45. The fourth-order valence-electron chi connectivity index (χ4n) is 1.95. The average molecular weight is 307 g/mol. The van der Waals surface area contributed by atoms with E-state index in [1.807, 2.05) is 24.3 Å². The van der Waals surface area contributed by atoms with E-state index in [9.17, 15) is 8.42 Å². The van der Waals surface area contributed by atoms with Crippen LogP contribution >= 0.6 is 0 Å². The molecule has 0 bridgehead atoms. The highest BCUT2D eigenvalue weighted by molar-refractivity contribution is 7.89. The van der Waals surface area contributed by atoms with Crippen LogP contribution in [-0.4, -0.2) is 15.5 Å². The molecular weight excluding hydrogens is 290 g/mol. The molecule has 112 valence electrons. The van der Waals surface area contributed by atoms with Crippen molar-refractivity contribution in [2.24, 2.45) is 5.14 Å². The third-order valence-corrected chi connectivity index (χ3v) is 3.85. The van der Waals surface area contributed by atoms with Crippen molar-refractivity contribution < 1.29 is 13.2 Å². The first kappa shape index (κ1) is 15.3. The molecule has 2 aromatic carbocycles. The fraction of sp³-hybridized carbons (Fsp3) is 0.143. The van der Waals surface area contributed by atoms with Gasteiger partial charge in [-0.05, 0) is 24.3 Å². The summed E-state index contributed by atoms with van der Waals surface area (Å²) in [4.78, 5) is -0.0466. The number of sulfonamides is 1. The van der Waals surface area contributed by atoms with Gasteiger partial charge >= 0.3 is 0 Å². The zero-order valence-corrected chi connectivity index (χ0v) is 12.4. The van der Waals surface area contributed by atoms with Crippen LogP contribution in [0.2, 0.25) is 0 Å². The second-order valence-electron chi connectivity index (χ2n) is 4.52. The molecule has 7 heteroatoms. The molecule has 0 aliphatic heterocycles. The number of nitrogens with one attached hydrogen (secondary N) is 1. The highest BCUT2D eigenvalue weighted by Gasteiger charge is 2.15. The quantitative estimate of drug-likeness (QED) is 0.730. The summed E-state index contributed by atoms with van der Waals surface area (Å²) in [6.07, 6.45) is 0. The van der Waals surface area contributed by atoms with Gasteiger partial charge in [-0.2, -0.15) is 0 Å². The summed E-state index contributed by atoms with van der Waals surface area (Å²) in [5, 5.41) is 8.29. The van der Waals surface area contributed by atoms with E-state index in [0.717, 1.165) is 11.3 Å². The maximum Gasteiger partial charge on any atom is 0.240 e. The summed E-state index contributed by atoms with van der Waals surface area (Å²) in [7, 11) is -2.28. The van der Waals surface area contributed by atoms with Crippen LogP contribution in [0.4, 0.5) is 17.1 Å². The zero-order chi connectivity index (χ0) is 15.5. The predicted octanol–water partition coefficient (Wildman–Crippen LogP) is 1.81. The van der Waals surface area contributed by atoms with Crippen molar-refractivity contribution in [1.82, 2.24) is 0 Å². The van der Waals surface area contributed by atoms with Crippen molar-refractivity contribution in [3.05, 3.63) is 48.0 Å². The molecule has 0 unspecified atom stereocenters. The van der Waals surface area contributed by atoms with Crippen LogP contribution in [0.15, 0.2) is 47.4 Å². The molecule has 6 nitrogen and oxygen atoms in total. The fourth-order valence-corrected chi connectivity index (χ4v) is 2.67. The SMILES string of the molecule is COCc1ccccc1Nc1ccc(N)cc1S(N)(=O)=O. The van der Waals surface area contributed by atoms with Crippen LogP contribution in [0.3, 0.4) is 0 Å². The minimum atomic E-state index is -3.87. The number of rotatable bonds is 5. The maximum absolute atomic E-state index is 11.7. The number of nitrogens with two attached hydrogens (primary N) is 2. The Kier molecular flexibility index (Phi) is 4.46. The van der Waals surface area contributed by atoms with Crippen molar-refractivity contribution in [3.63, 3.8) is 0 Å². The van der Waals surface area contributed by atoms with Crippen molar-refractivity contribution >= 4 is 27.1 Å². The number of para-hydroxylation sites is 1. The Bertz CT molecular complexity index is 745. The van der Waals surface area contributed by atoms with E-state index < -0.39 is 10.0 Å². The number of methoxy groups -OCH3 is 1. The molecule has 0 aliphatic rings. The number of hydrogen-bond donors (Lipinski definition) is 3. The van der Waals surface area contributed by atoms with Gasteiger partial charge in [0.05, 0.1) is 12.3 Å². The summed E-state index contributed by atoms with van der Waals surface area (Å²) >= 11 is 0. The lowest BCUT2D eigenvalue weighted by Gasteiger charge is -2.14. The first-order valence-electron chi connectivity index (χ1n) is 6.18. The second kappa shape index (κ2) is 6.13. The van der Waals surface area contributed by atoms with Gasteiger partial charge in [-0.3, -0.25) is 0 Å². The summed E-state index contributed by atoms with van der Waals surface area (Å²) in [6, 6.07) is 12.0. The lowest BCUT2D eigenvalue weighted by Crippen LogP contribution is -2.14. The normalized spacial score (nSPS) is 11.3. The zero-order valence-electron chi connectivity index (χ0n) is 11.5. The van der Waals surface area contributed by atoms with E-state index >= 15 is 0 Å². The van der Waals surface area contributed by atoms with E-state index in [4.69, 9.17) is 15.6 Å². The van der Waals surface area contributed by atoms with Gasteiger partial charge in [-0.25, -0.2) is 13.6 Å². The maximum atomic E-state index is 11.7. The van der Waals surface area contributed by atoms with Gasteiger partial charge in [0, 0.05) is 24.0 Å². The molecule has 2 aromatic rings. The Morgan fingerprint density at radius 3 is 2.52 bits per heavy atom. The molecule has 5 N–H and O–H groups in total. The first-order chi connectivity index (χ1) is 9.91. The van der Waals surface area contributed by atoms with Gasteiger partial charge in [0.1, 0.15) is 4.90 Å². The molecule has 0 saturated carbocycles. The van der Waals surface area contributed by atoms with E-state index in [1.54, 1.807) is 19.2 Å². The van der Waals surface area contributed by atoms with Gasteiger partial charge in [0.25, 0.3) is 0 Å². The van der Waals surface area contributed by atoms with Crippen LogP contribution in [0.5, 0.6) is 0 Å². The number of ether oxygens (including phenoxy) is 1. The number of nitrogen functional groups attached to an aromatic ring is 1. The standard InChI is InChI=1S/C14H17N3O3S/c1-20-9-10-4-2-3-5-12(10)17-13-7-6-11(15)8-14(13)21(16,18)19/h2-8,17H,9,15H2,1H3,(H2,16,18,19). The molecule has 0 atom stereocenters. The third-order valence-electron chi connectivity index (χ3n) is 2.90. The summed E-state index contributed by atoms with van der Waals surface area (Å²) in [5.74, 6) is 0. The van der Waals surface area contributed by atoms with Crippen LogP contribution in [0.1, 0.15) is 5.56 Å². The highest BCUT2D eigenvalue weighted by atomic mass is 32.2. The van der Waals surface area contributed by atoms with Crippen molar-refractivity contribution in [3.8, 4) is 0 Å². The number of primary sulfonamides is 1. The van der Waals surface area contributed by atoms with E-state index in [1.165, 1.54) is 6.07 Å². The molecule has 0 radical (unpaired) electrons. The van der Waals surface area contributed by atoms with E-state index in [0.29, 0.717) is 18.0 Å². The largest absolute Gasteiger partial charge is 0.399 e. The van der Waals surface area contributed by atoms with Gasteiger partial charge in [-0.15, -0.1) is 0 Å². The smallest absolute Gasteiger partial charge is 0.240 e. The Morgan fingerprint density at radius 2 is 1.86 bits per heavy atom. The molecular formula is C14H17N3O3S. The lowest BCUT2D eigenvalue weighted by atomic mass is 10.1. The minimum Gasteiger partial charge on any atom is -0.399 e. The minimum absolute atomic E-state index is 0.0466. The van der Waals surface area contributed by atoms with Gasteiger partial charge in [0.15, 0.2) is 0 Å². The number of anilines is 3. The first-order valence-corrected chi connectivity index (χ1v) is 7.72. The molecule has 0 saturated heterocycles. The summed E-state index contributed by atoms with van der Waals surface area (Å²) < 4.78 is 28.4. The number of hydrogen-bond acceptors (Lipinski definition) is 5. The topological polar surface area (TPSA) is 107 Å². The van der Waals surface area contributed by atoms with Gasteiger partial charge in [-0.1, -0.05) is 18.2 Å². The van der Waals surface area contributed by atoms with E-state index in [-0.39, 0.29) is 4.90 Å². The molecule has 0 spiro atoms. The molecule has 0 heterocycles. The van der Waals surface area contributed by atoms with Crippen molar-refractivity contribution in [2.45, 2.75) is 11.5 Å².